The summed E-state index contributed by atoms with van der Waals surface area (Å²) in [4.78, 5) is 8.22. The number of fused-ring (bicyclic) bond motifs is 3. The van der Waals surface area contributed by atoms with Crippen molar-refractivity contribution in [1.29, 1.82) is 0 Å². The molecule has 3 aliphatic rings. The standard InChI is InChI=1S/C29H18S6/c1-2-10-18(11-3-1)25(27-30-19-12-4-5-13-20(19)31-27)26(28-32-21-14-6-7-15-22(21)33-28)29-34-23-16-8-9-17-24(23)35-29/h1-17,28H. The Balaban J connectivity index is 1.43. The van der Waals surface area contributed by atoms with E-state index in [9.17, 15) is 0 Å². The van der Waals surface area contributed by atoms with Crippen LogP contribution in [0.15, 0.2) is 147 Å². The zero-order valence-electron chi connectivity index (χ0n) is 18.3. The molecule has 0 amide bonds. The maximum absolute atomic E-state index is 2.28. The molecule has 0 saturated heterocycles. The van der Waals surface area contributed by atoms with Crippen LogP contribution in [0, 0.1) is 0 Å². The third-order valence-electron chi connectivity index (χ3n) is 5.82. The predicted octanol–water partition coefficient (Wildman–Crippen LogP) is 10.6. The summed E-state index contributed by atoms with van der Waals surface area (Å²) in [6.07, 6.45) is 0. The summed E-state index contributed by atoms with van der Waals surface area (Å²) in [7, 11) is 0. The van der Waals surface area contributed by atoms with Gasteiger partial charge in [-0.25, -0.2) is 0 Å². The molecule has 6 heteroatoms. The number of thioether (sulfide) groups is 6. The van der Waals surface area contributed by atoms with Crippen molar-refractivity contribution in [2.45, 2.75) is 34.0 Å². The summed E-state index contributed by atoms with van der Waals surface area (Å²) in [5.74, 6) is 0. The van der Waals surface area contributed by atoms with Crippen LogP contribution in [0.3, 0.4) is 0 Å². The minimum atomic E-state index is 0.310. The van der Waals surface area contributed by atoms with E-state index in [1.807, 2.05) is 70.6 Å². The van der Waals surface area contributed by atoms with E-state index >= 15 is 0 Å². The van der Waals surface area contributed by atoms with Crippen molar-refractivity contribution < 1.29 is 0 Å². The van der Waals surface area contributed by atoms with E-state index in [0.29, 0.717) is 4.58 Å². The van der Waals surface area contributed by atoms with Gasteiger partial charge in [-0.05, 0) is 42.0 Å². The van der Waals surface area contributed by atoms with Crippen LogP contribution in [0.5, 0.6) is 0 Å². The molecule has 0 bridgehead atoms. The molecule has 7 rings (SSSR count). The number of benzene rings is 4. The Labute approximate surface area is 231 Å². The smallest absolute Gasteiger partial charge is 0.0869 e. The number of allylic oxidation sites excluding steroid dienone is 1. The Morgan fingerprint density at radius 1 is 0.429 bits per heavy atom. The minimum absolute atomic E-state index is 0.310. The summed E-state index contributed by atoms with van der Waals surface area (Å²) in [5.41, 5.74) is 4.14. The topological polar surface area (TPSA) is 0 Å². The lowest BCUT2D eigenvalue weighted by atomic mass is 10.0. The van der Waals surface area contributed by atoms with Gasteiger partial charge in [-0.3, -0.25) is 0 Å². The van der Waals surface area contributed by atoms with Crippen molar-refractivity contribution in [3.63, 3.8) is 0 Å². The van der Waals surface area contributed by atoms with Crippen molar-refractivity contribution in [2.75, 3.05) is 0 Å². The summed E-state index contributed by atoms with van der Waals surface area (Å²) in [6, 6.07) is 37.5. The lowest BCUT2D eigenvalue weighted by Gasteiger charge is -2.22. The van der Waals surface area contributed by atoms with Gasteiger partial charge >= 0.3 is 0 Å². The van der Waals surface area contributed by atoms with Gasteiger partial charge in [-0.15, -0.1) is 23.5 Å². The van der Waals surface area contributed by atoms with E-state index in [0.717, 1.165) is 0 Å². The molecule has 0 nitrogen and oxygen atoms in total. The van der Waals surface area contributed by atoms with Crippen molar-refractivity contribution in [3.8, 4) is 0 Å². The van der Waals surface area contributed by atoms with Crippen LogP contribution in [0.2, 0.25) is 0 Å². The van der Waals surface area contributed by atoms with E-state index < -0.39 is 0 Å². The Kier molecular flexibility index (Phi) is 6.29. The number of rotatable bonds is 3. The summed E-state index contributed by atoms with van der Waals surface area (Å²) in [6.45, 7) is 0. The molecule has 0 N–H and O–H groups in total. The maximum Gasteiger partial charge on any atom is 0.0869 e. The number of hydrogen-bond acceptors (Lipinski definition) is 6. The Bertz CT molecular complexity index is 1430. The average Bonchev–Trinajstić information content (AvgIpc) is 3.63. The second-order valence-electron chi connectivity index (χ2n) is 8.05. The molecule has 3 heterocycles. The quantitative estimate of drug-likeness (QED) is 0.243. The molecule has 0 saturated carbocycles. The first-order valence-corrected chi connectivity index (χ1v) is 16.2. The predicted molar refractivity (Wildman–Crippen MR) is 159 cm³/mol. The molecule has 0 unspecified atom stereocenters. The fourth-order valence-electron chi connectivity index (χ4n) is 4.21. The van der Waals surface area contributed by atoms with Crippen molar-refractivity contribution in [1.82, 2.24) is 0 Å². The molecular weight excluding hydrogens is 541 g/mol. The first kappa shape index (κ1) is 22.6. The van der Waals surface area contributed by atoms with Crippen molar-refractivity contribution >= 4 is 76.1 Å². The van der Waals surface area contributed by atoms with E-state index in [2.05, 4.69) is 103 Å². The molecule has 4 aromatic carbocycles. The van der Waals surface area contributed by atoms with Crippen LogP contribution in [-0.2, 0) is 0 Å². The van der Waals surface area contributed by atoms with E-state index in [4.69, 9.17) is 0 Å². The van der Waals surface area contributed by atoms with Crippen molar-refractivity contribution in [3.05, 3.63) is 123 Å². The lowest BCUT2D eigenvalue weighted by molar-refractivity contribution is 1.27. The van der Waals surface area contributed by atoms with Gasteiger partial charge in [0.1, 0.15) is 0 Å². The summed E-state index contributed by atoms with van der Waals surface area (Å²) >= 11 is 11.7. The van der Waals surface area contributed by atoms with E-state index in [1.54, 1.807) is 0 Å². The molecule has 0 aliphatic carbocycles. The molecule has 35 heavy (non-hydrogen) atoms. The molecule has 3 aliphatic heterocycles. The van der Waals surface area contributed by atoms with Gasteiger partial charge in [0, 0.05) is 40.5 Å². The van der Waals surface area contributed by atoms with Crippen LogP contribution in [-0.4, -0.2) is 4.58 Å². The molecule has 0 radical (unpaired) electrons. The van der Waals surface area contributed by atoms with E-state index in [1.165, 1.54) is 54.6 Å². The summed E-state index contributed by atoms with van der Waals surface area (Å²) < 4.78 is 3.10. The highest BCUT2D eigenvalue weighted by Gasteiger charge is 2.36. The van der Waals surface area contributed by atoms with Gasteiger partial charge in [0.2, 0.25) is 0 Å². The second-order valence-corrected chi connectivity index (χ2v) is 15.4. The van der Waals surface area contributed by atoms with Crippen LogP contribution >= 0.6 is 70.6 Å². The fraction of sp³-hybridized carbons (Fsp3) is 0.0345. The molecule has 0 aromatic heterocycles. The van der Waals surface area contributed by atoms with E-state index in [-0.39, 0.29) is 0 Å². The van der Waals surface area contributed by atoms with Gasteiger partial charge in [0.15, 0.2) is 0 Å². The Hall–Kier alpha value is -1.54. The lowest BCUT2D eigenvalue weighted by Crippen LogP contribution is -2.04. The third-order valence-corrected chi connectivity index (χ3v) is 13.8. The highest BCUT2D eigenvalue weighted by molar-refractivity contribution is 8.26. The highest BCUT2D eigenvalue weighted by Crippen LogP contribution is 2.63. The monoisotopic (exact) mass is 558 g/mol. The maximum atomic E-state index is 2.28. The van der Waals surface area contributed by atoms with Crippen LogP contribution in [0.4, 0.5) is 0 Å². The zero-order chi connectivity index (χ0) is 23.2. The molecular formula is C29H18S6. The normalized spacial score (nSPS) is 16.2. The van der Waals surface area contributed by atoms with Crippen LogP contribution in [0.25, 0.3) is 5.57 Å². The Morgan fingerprint density at radius 2 is 0.829 bits per heavy atom. The van der Waals surface area contributed by atoms with Crippen LogP contribution < -0.4 is 0 Å². The van der Waals surface area contributed by atoms with Crippen molar-refractivity contribution in [2.24, 2.45) is 0 Å². The zero-order valence-corrected chi connectivity index (χ0v) is 23.2. The van der Waals surface area contributed by atoms with Gasteiger partial charge < -0.3 is 0 Å². The highest BCUT2D eigenvalue weighted by atomic mass is 32.2. The third kappa shape index (κ3) is 4.32. The van der Waals surface area contributed by atoms with Gasteiger partial charge in [0.25, 0.3) is 0 Å². The molecule has 0 fully saturated rings. The first-order valence-electron chi connectivity index (χ1n) is 11.2. The Morgan fingerprint density at radius 3 is 1.31 bits per heavy atom. The number of hydrogen-bond donors (Lipinski definition) is 0. The first-order chi connectivity index (χ1) is 17.3. The minimum Gasteiger partial charge on any atom is -0.105 e. The average molecular weight is 559 g/mol. The van der Waals surface area contributed by atoms with Gasteiger partial charge in [-0.1, -0.05) is 114 Å². The molecule has 4 aromatic rings. The SMILES string of the molecule is c1ccc(C(=C2Sc3ccccc3S2)C(=C2Sc3ccccc3S2)C2Sc3ccccc3S2)cc1. The second kappa shape index (κ2) is 9.73. The fourth-order valence-corrected chi connectivity index (χ4v) is 12.8. The van der Waals surface area contributed by atoms with Gasteiger partial charge in [-0.2, -0.15) is 0 Å². The molecule has 0 atom stereocenters. The van der Waals surface area contributed by atoms with Gasteiger partial charge in [0.05, 0.1) is 13.1 Å². The largest absolute Gasteiger partial charge is 0.105 e. The molecule has 170 valence electrons. The summed E-state index contributed by atoms with van der Waals surface area (Å²) in [5, 5.41) is 0. The van der Waals surface area contributed by atoms with Crippen LogP contribution in [0.1, 0.15) is 5.56 Å². The molecule has 0 spiro atoms.